The van der Waals surface area contributed by atoms with Crippen LogP contribution in [0.2, 0.25) is 0 Å². The summed E-state index contributed by atoms with van der Waals surface area (Å²) < 4.78 is 0. The van der Waals surface area contributed by atoms with Crippen LogP contribution < -0.4 is 0 Å². The highest BCUT2D eigenvalue weighted by atomic mass is 14.2. The first-order chi connectivity index (χ1) is 5.60. The highest BCUT2D eigenvalue weighted by Gasteiger charge is 2.12. The Hall–Kier alpha value is -0.260. The van der Waals surface area contributed by atoms with Gasteiger partial charge in [-0.1, -0.05) is 53.2 Å². The lowest BCUT2D eigenvalue weighted by Crippen LogP contribution is -2.06. The summed E-state index contributed by atoms with van der Waals surface area (Å²) in [4.78, 5) is 0. The Balaban J connectivity index is 4.05. The van der Waals surface area contributed by atoms with E-state index in [4.69, 9.17) is 0 Å². The SMILES string of the molecule is CC(=CCC(C)(C)C)CC(C)(C)C. The summed E-state index contributed by atoms with van der Waals surface area (Å²) in [5.74, 6) is 0. The molecule has 0 saturated carbocycles. The first kappa shape index (κ1) is 12.7. The van der Waals surface area contributed by atoms with E-state index in [2.05, 4.69) is 54.5 Å². The zero-order valence-electron chi connectivity index (χ0n) is 10.5. The van der Waals surface area contributed by atoms with Crippen molar-refractivity contribution in [3.05, 3.63) is 11.6 Å². The Kier molecular flexibility index (Phi) is 4.22. The molecular formula is C13H26. The summed E-state index contributed by atoms with van der Waals surface area (Å²) in [6, 6.07) is 0. The Morgan fingerprint density at radius 3 is 1.69 bits per heavy atom. The van der Waals surface area contributed by atoms with E-state index in [1.54, 1.807) is 0 Å². The van der Waals surface area contributed by atoms with Gasteiger partial charge in [0.05, 0.1) is 0 Å². The standard InChI is InChI=1S/C13H26/c1-11(10-13(5,6)7)8-9-12(2,3)4/h8H,9-10H2,1-7H3. The third kappa shape index (κ3) is 9.66. The van der Waals surface area contributed by atoms with Crippen molar-refractivity contribution in [3.63, 3.8) is 0 Å². The lowest BCUT2D eigenvalue weighted by Gasteiger charge is -2.20. The van der Waals surface area contributed by atoms with Crippen LogP contribution in [0.3, 0.4) is 0 Å². The van der Waals surface area contributed by atoms with Gasteiger partial charge in [-0.15, -0.1) is 0 Å². The van der Waals surface area contributed by atoms with E-state index >= 15 is 0 Å². The quantitative estimate of drug-likeness (QED) is 0.538. The van der Waals surface area contributed by atoms with Gasteiger partial charge in [0.25, 0.3) is 0 Å². The first-order valence-electron chi connectivity index (χ1n) is 5.26. The first-order valence-corrected chi connectivity index (χ1v) is 5.26. The summed E-state index contributed by atoms with van der Waals surface area (Å²) in [6.07, 6.45) is 4.79. The molecule has 0 heteroatoms. The molecule has 13 heavy (non-hydrogen) atoms. The molecule has 0 saturated heterocycles. The van der Waals surface area contributed by atoms with Gasteiger partial charge in [-0.05, 0) is 30.6 Å². The van der Waals surface area contributed by atoms with Crippen molar-refractivity contribution in [3.8, 4) is 0 Å². The fourth-order valence-corrected chi connectivity index (χ4v) is 1.39. The zero-order chi connectivity index (χ0) is 10.7. The molecule has 0 rings (SSSR count). The van der Waals surface area contributed by atoms with Crippen LogP contribution in [0.4, 0.5) is 0 Å². The second-order valence-corrected chi connectivity index (χ2v) is 6.55. The normalized spacial score (nSPS) is 14.8. The molecule has 0 bridgehead atoms. The molecule has 0 fully saturated rings. The second kappa shape index (κ2) is 4.30. The summed E-state index contributed by atoms with van der Waals surface area (Å²) in [5, 5.41) is 0. The highest BCUT2D eigenvalue weighted by Crippen LogP contribution is 2.26. The fourth-order valence-electron chi connectivity index (χ4n) is 1.39. The van der Waals surface area contributed by atoms with E-state index < -0.39 is 0 Å². The predicted octanol–water partition coefficient (Wildman–Crippen LogP) is 4.81. The second-order valence-electron chi connectivity index (χ2n) is 6.55. The average molecular weight is 182 g/mol. The molecule has 0 aromatic carbocycles. The molecule has 0 aromatic heterocycles. The third-order valence-corrected chi connectivity index (χ3v) is 1.87. The van der Waals surface area contributed by atoms with Crippen molar-refractivity contribution in [1.82, 2.24) is 0 Å². The van der Waals surface area contributed by atoms with Crippen LogP contribution in [0.1, 0.15) is 61.3 Å². The smallest absolute Gasteiger partial charge is 0.0274 e. The number of rotatable bonds is 2. The van der Waals surface area contributed by atoms with Crippen molar-refractivity contribution < 1.29 is 0 Å². The molecule has 0 spiro atoms. The Bertz CT molecular complexity index is 171. The van der Waals surface area contributed by atoms with E-state index in [-0.39, 0.29) is 0 Å². The lowest BCUT2D eigenvalue weighted by atomic mass is 9.86. The molecule has 0 aromatic rings. The number of hydrogen-bond donors (Lipinski definition) is 0. The fraction of sp³-hybridized carbons (Fsp3) is 0.846. The Labute approximate surface area is 84.4 Å². The van der Waals surface area contributed by atoms with Crippen LogP contribution in [-0.4, -0.2) is 0 Å². The zero-order valence-corrected chi connectivity index (χ0v) is 10.5. The van der Waals surface area contributed by atoms with Gasteiger partial charge in [-0.2, -0.15) is 0 Å². The van der Waals surface area contributed by atoms with Gasteiger partial charge in [0.1, 0.15) is 0 Å². The monoisotopic (exact) mass is 182 g/mol. The molecule has 0 N–H and O–H groups in total. The van der Waals surface area contributed by atoms with Crippen LogP contribution in [0.25, 0.3) is 0 Å². The molecule has 0 aliphatic heterocycles. The van der Waals surface area contributed by atoms with Crippen LogP contribution in [-0.2, 0) is 0 Å². The third-order valence-electron chi connectivity index (χ3n) is 1.87. The van der Waals surface area contributed by atoms with E-state index in [1.807, 2.05) is 0 Å². The summed E-state index contributed by atoms with van der Waals surface area (Å²) in [6.45, 7) is 16.0. The molecule has 0 aliphatic rings. The van der Waals surface area contributed by atoms with E-state index in [1.165, 1.54) is 18.4 Å². The minimum atomic E-state index is 0.429. The van der Waals surface area contributed by atoms with Gasteiger partial charge in [0.2, 0.25) is 0 Å². The van der Waals surface area contributed by atoms with Gasteiger partial charge >= 0.3 is 0 Å². The maximum Gasteiger partial charge on any atom is -0.0274 e. The molecule has 78 valence electrons. The maximum absolute atomic E-state index is 2.39. The molecule has 0 heterocycles. The summed E-state index contributed by atoms with van der Waals surface area (Å²) in [7, 11) is 0. The molecule has 0 nitrogen and oxygen atoms in total. The van der Waals surface area contributed by atoms with Crippen LogP contribution in [0, 0.1) is 10.8 Å². The van der Waals surface area contributed by atoms with E-state index in [9.17, 15) is 0 Å². The van der Waals surface area contributed by atoms with Gasteiger partial charge in [0.15, 0.2) is 0 Å². The van der Waals surface area contributed by atoms with Gasteiger partial charge in [-0.25, -0.2) is 0 Å². The molecule has 0 aliphatic carbocycles. The van der Waals surface area contributed by atoms with Gasteiger partial charge in [-0.3, -0.25) is 0 Å². The van der Waals surface area contributed by atoms with Crippen LogP contribution in [0.15, 0.2) is 11.6 Å². The Morgan fingerprint density at radius 2 is 1.38 bits per heavy atom. The molecule has 0 atom stereocenters. The van der Waals surface area contributed by atoms with Crippen molar-refractivity contribution in [2.75, 3.05) is 0 Å². The van der Waals surface area contributed by atoms with Crippen molar-refractivity contribution in [1.29, 1.82) is 0 Å². The minimum Gasteiger partial charge on any atom is -0.0851 e. The van der Waals surface area contributed by atoms with Crippen molar-refractivity contribution >= 4 is 0 Å². The minimum absolute atomic E-state index is 0.429. The van der Waals surface area contributed by atoms with Gasteiger partial charge < -0.3 is 0 Å². The highest BCUT2D eigenvalue weighted by molar-refractivity contribution is 5.01. The maximum atomic E-state index is 2.39. The Morgan fingerprint density at radius 1 is 0.923 bits per heavy atom. The molecule has 0 radical (unpaired) electrons. The predicted molar refractivity (Wildman–Crippen MR) is 61.9 cm³/mol. The van der Waals surface area contributed by atoms with Crippen molar-refractivity contribution in [2.24, 2.45) is 10.8 Å². The number of allylic oxidation sites excluding steroid dienone is 2. The molecule has 0 amide bonds. The van der Waals surface area contributed by atoms with Crippen LogP contribution in [0.5, 0.6) is 0 Å². The summed E-state index contributed by atoms with van der Waals surface area (Å²) in [5.41, 5.74) is 2.39. The van der Waals surface area contributed by atoms with E-state index in [0.29, 0.717) is 10.8 Å². The number of hydrogen-bond acceptors (Lipinski definition) is 0. The average Bonchev–Trinajstić information content (AvgIpc) is 1.78. The summed E-state index contributed by atoms with van der Waals surface area (Å²) >= 11 is 0. The molecular weight excluding hydrogens is 156 g/mol. The topological polar surface area (TPSA) is 0 Å². The van der Waals surface area contributed by atoms with Gasteiger partial charge in [0, 0.05) is 0 Å². The largest absolute Gasteiger partial charge is 0.0851 e. The lowest BCUT2D eigenvalue weighted by molar-refractivity contribution is 0.398. The van der Waals surface area contributed by atoms with E-state index in [0.717, 1.165) is 0 Å². The van der Waals surface area contributed by atoms with Crippen molar-refractivity contribution in [2.45, 2.75) is 61.3 Å². The van der Waals surface area contributed by atoms with Crippen LogP contribution >= 0.6 is 0 Å². The molecule has 0 unspecified atom stereocenters.